The molecule has 134 valence electrons. The second kappa shape index (κ2) is 8.60. The van der Waals surface area contributed by atoms with Crippen LogP contribution in [0.25, 0.3) is 0 Å². The number of ketones is 1. The van der Waals surface area contributed by atoms with E-state index in [2.05, 4.69) is 4.90 Å². The molecule has 0 aliphatic carbocycles. The van der Waals surface area contributed by atoms with Crippen molar-refractivity contribution in [3.05, 3.63) is 29.8 Å². The third-order valence-corrected chi connectivity index (χ3v) is 4.94. The summed E-state index contributed by atoms with van der Waals surface area (Å²) in [6.45, 7) is 6.98. The number of benzene rings is 1. The Morgan fingerprint density at radius 3 is 2.08 bits per heavy atom. The van der Waals surface area contributed by atoms with Crippen LogP contribution in [0.2, 0.25) is 0 Å². The lowest BCUT2D eigenvalue weighted by molar-refractivity contribution is 0.0579. The first kappa shape index (κ1) is 18.9. The predicted molar refractivity (Wildman–Crippen MR) is 96.7 cm³/mol. The van der Waals surface area contributed by atoms with Crippen molar-refractivity contribution in [2.45, 2.75) is 38.6 Å². The van der Waals surface area contributed by atoms with Gasteiger partial charge in [0.1, 0.15) is 0 Å². The Labute approximate surface area is 144 Å². The van der Waals surface area contributed by atoms with Crippen molar-refractivity contribution >= 4 is 11.5 Å². The number of piperidine rings is 1. The normalized spacial score (nSPS) is 16.2. The molecule has 2 N–H and O–H groups in total. The average Bonchev–Trinajstić information content (AvgIpc) is 2.62. The zero-order chi connectivity index (χ0) is 17.6. The van der Waals surface area contributed by atoms with Gasteiger partial charge in [0.05, 0.1) is 18.8 Å². The van der Waals surface area contributed by atoms with Crippen LogP contribution >= 0.6 is 0 Å². The summed E-state index contributed by atoms with van der Waals surface area (Å²) < 4.78 is 0. The van der Waals surface area contributed by atoms with Crippen molar-refractivity contribution < 1.29 is 15.0 Å². The van der Waals surface area contributed by atoms with Gasteiger partial charge in [-0.2, -0.15) is 0 Å². The van der Waals surface area contributed by atoms with E-state index in [1.165, 1.54) is 6.42 Å². The van der Waals surface area contributed by atoms with Crippen molar-refractivity contribution in [3.63, 3.8) is 0 Å². The molecule has 5 nitrogen and oxygen atoms in total. The molecule has 24 heavy (non-hydrogen) atoms. The van der Waals surface area contributed by atoms with Gasteiger partial charge in [0.25, 0.3) is 0 Å². The Hall–Kier alpha value is -1.43. The van der Waals surface area contributed by atoms with Gasteiger partial charge in [0.15, 0.2) is 5.78 Å². The van der Waals surface area contributed by atoms with E-state index in [0.717, 1.165) is 31.6 Å². The van der Waals surface area contributed by atoms with E-state index in [0.29, 0.717) is 18.7 Å². The van der Waals surface area contributed by atoms with Crippen molar-refractivity contribution in [2.24, 2.45) is 0 Å². The molecule has 1 aliphatic rings. The second-order valence-corrected chi connectivity index (χ2v) is 6.92. The molecule has 0 unspecified atom stereocenters. The third-order valence-electron chi connectivity index (χ3n) is 4.94. The number of nitrogens with zero attached hydrogens (tertiary/aromatic N) is 2. The van der Waals surface area contributed by atoms with Gasteiger partial charge < -0.3 is 15.1 Å². The van der Waals surface area contributed by atoms with Gasteiger partial charge in [-0.05, 0) is 64.0 Å². The molecule has 0 bridgehead atoms. The first-order valence-corrected chi connectivity index (χ1v) is 8.87. The standard InChI is InChI=1S/C19H30N2O3/c1-19(2,21-10-4-3-5-11-21)18(24)16-6-8-17(9-7-16)20(12-14-22)13-15-23/h6-9,22-23H,3-5,10-15H2,1-2H3. The van der Waals surface area contributed by atoms with Gasteiger partial charge in [-0.3, -0.25) is 9.69 Å². The van der Waals surface area contributed by atoms with E-state index in [9.17, 15) is 4.79 Å². The van der Waals surface area contributed by atoms with Crippen LogP contribution in [0.1, 0.15) is 43.5 Å². The highest BCUT2D eigenvalue weighted by atomic mass is 16.3. The van der Waals surface area contributed by atoms with E-state index in [1.807, 2.05) is 43.0 Å². The number of carbonyl (C=O) groups is 1. The zero-order valence-corrected chi connectivity index (χ0v) is 14.9. The molecule has 1 saturated heterocycles. The molecule has 0 amide bonds. The predicted octanol–water partition coefficient (Wildman–Crippen LogP) is 1.92. The quantitative estimate of drug-likeness (QED) is 0.711. The van der Waals surface area contributed by atoms with Crippen LogP contribution in [-0.4, -0.2) is 65.8 Å². The maximum atomic E-state index is 13.0. The molecular formula is C19H30N2O3. The summed E-state index contributed by atoms with van der Waals surface area (Å²) in [5.41, 5.74) is 1.13. The molecule has 2 rings (SSSR count). The number of anilines is 1. The van der Waals surface area contributed by atoms with Crippen LogP contribution in [0.4, 0.5) is 5.69 Å². The molecule has 1 aliphatic heterocycles. The fraction of sp³-hybridized carbons (Fsp3) is 0.632. The zero-order valence-electron chi connectivity index (χ0n) is 14.9. The van der Waals surface area contributed by atoms with Gasteiger partial charge >= 0.3 is 0 Å². The fourth-order valence-corrected chi connectivity index (χ4v) is 3.38. The molecule has 0 saturated carbocycles. The maximum absolute atomic E-state index is 13.0. The maximum Gasteiger partial charge on any atom is 0.182 e. The minimum atomic E-state index is -0.488. The molecular weight excluding hydrogens is 304 g/mol. The molecule has 0 atom stereocenters. The lowest BCUT2D eigenvalue weighted by Gasteiger charge is -2.39. The van der Waals surface area contributed by atoms with Gasteiger partial charge in [-0.1, -0.05) is 6.42 Å². The summed E-state index contributed by atoms with van der Waals surface area (Å²) in [5.74, 6) is 0.145. The minimum absolute atomic E-state index is 0.0304. The van der Waals surface area contributed by atoms with Crippen molar-refractivity contribution in [3.8, 4) is 0 Å². The number of hydrogen-bond donors (Lipinski definition) is 2. The molecule has 0 aromatic heterocycles. The molecule has 5 heteroatoms. The van der Waals surface area contributed by atoms with Crippen LogP contribution in [-0.2, 0) is 0 Å². The molecule has 1 aromatic rings. The summed E-state index contributed by atoms with van der Waals surface area (Å²) >= 11 is 0. The molecule has 0 radical (unpaired) electrons. The molecule has 1 aromatic carbocycles. The van der Waals surface area contributed by atoms with E-state index < -0.39 is 5.54 Å². The van der Waals surface area contributed by atoms with Crippen molar-refractivity contribution in [2.75, 3.05) is 44.3 Å². The van der Waals surface area contributed by atoms with Crippen LogP contribution in [0.15, 0.2) is 24.3 Å². The number of Topliss-reactive ketones (excluding diaryl/α,β-unsaturated/α-hetero) is 1. The van der Waals surface area contributed by atoms with Crippen LogP contribution in [0, 0.1) is 0 Å². The van der Waals surface area contributed by atoms with Crippen molar-refractivity contribution in [1.82, 2.24) is 4.90 Å². The molecule has 0 spiro atoms. The van der Waals surface area contributed by atoms with E-state index in [1.54, 1.807) is 0 Å². The van der Waals surface area contributed by atoms with E-state index in [-0.39, 0.29) is 19.0 Å². The lowest BCUT2D eigenvalue weighted by Crippen LogP contribution is -2.52. The number of rotatable bonds is 8. The highest BCUT2D eigenvalue weighted by Gasteiger charge is 2.35. The SMILES string of the molecule is CC(C)(C(=O)c1ccc(N(CCO)CCO)cc1)N1CCCCC1. The minimum Gasteiger partial charge on any atom is -0.395 e. The third kappa shape index (κ3) is 4.35. The second-order valence-electron chi connectivity index (χ2n) is 6.92. The number of aliphatic hydroxyl groups excluding tert-OH is 2. The fourth-order valence-electron chi connectivity index (χ4n) is 3.38. The number of aliphatic hydroxyl groups is 2. The molecule has 1 fully saturated rings. The Balaban J connectivity index is 2.12. The summed E-state index contributed by atoms with van der Waals surface area (Å²) in [6.07, 6.45) is 3.57. The van der Waals surface area contributed by atoms with Crippen molar-refractivity contribution in [1.29, 1.82) is 0 Å². The summed E-state index contributed by atoms with van der Waals surface area (Å²) in [5, 5.41) is 18.3. The highest BCUT2D eigenvalue weighted by molar-refractivity contribution is 6.02. The smallest absolute Gasteiger partial charge is 0.182 e. The first-order valence-electron chi connectivity index (χ1n) is 8.87. The number of carbonyl (C=O) groups excluding carboxylic acids is 1. The van der Waals surface area contributed by atoms with E-state index in [4.69, 9.17) is 10.2 Å². The van der Waals surface area contributed by atoms with Gasteiger partial charge in [-0.25, -0.2) is 0 Å². The average molecular weight is 334 g/mol. The van der Waals surface area contributed by atoms with Gasteiger partial charge in [0.2, 0.25) is 0 Å². The van der Waals surface area contributed by atoms with Crippen LogP contribution < -0.4 is 4.90 Å². The summed E-state index contributed by atoms with van der Waals surface area (Å²) in [6, 6.07) is 7.49. The Bertz CT molecular complexity index is 516. The summed E-state index contributed by atoms with van der Waals surface area (Å²) in [7, 11) is 0. The molecule has 1 heterocycles. The highest BCUT2D eigenvalue weighted by Crippen LogP contribution is 2.25. The monoisotopic (exact) mass is 334 g/mol. The van der Waals surface area contributed by atoms with Crippen LogP contribution in [0.3, 0.4) is 0 Å². The Morgan fingerprint density at radius 1 is 1.04 bits per heavy atom. The topological polar surface area (TPSA) is 64.0 Å². The Morgan fingerprint density at radius 2 is 1.58 bits per heavy atom. The lowest BCUT2D eigenvalue weighted by atomic mass is 9.89. The largest absolute Gasteiger partial charge is 0.395 e. The Kier molecular flexibility index (Phi) is 6.78. The number of likely N-dealkylation sites (tertiary alicyclic amines) is 1. The van der Waals surface area contributed by atoms with E-state index >= 15 is 0 Å². The first-order chi connectivity index (χ1) is 11.5. The number of hydrogen-bond acceptors (Lipinski definition) is 5. The van der Waals surface area contributed by atoms with Gasteiger partial charge in [-0.15, -0.1) is 0 Å². The van der Waals surface area contributed by atoms with Gasteiger partial charge in [0, 0.05) is 24.3 Å². The summed E-state index contributed by atoms with van der Waals surface area (Å²) in [4.78, 5) is 17.2. The van der Waals surface area contributed by atoms with Crippen LogP contribution in [0.5, 0.6) is 0 Å².